The first-order valence-corrected chi connectivity index (χ1v) is 14.9. The Kier molecular flexibility index (Phi) is 19.1. The Labute approximate surface area is 273 Å². The molecule has 0 bridgehead atoms. The third-order valence-corrected chi connectivity index (χ3v) is 5.89. The molecule has 0 aliphatic rings. The lowest BCUT2D eigenvalue weighted by Crippen LogP contribution is -2.56. The van der Waals surface area contributed by atoms with Crippen molar-refractivity contribution >= 4 is 105 Å². The van der Waals surface area contributed by atoms with Gasteiger partial charge in [-0.05, 0) is 41.5 Å². The second kappa shape index (κ2) is 19.8. The Morgan fingerprint density at radius 3 is 0.833 bits per heavy atom. The van der Waals surface area contributed by atoms with Crippen LogP contribution in [0.5, 0.6) is 0 Å². The first-order valence-electron chi connectivity index (χ1n) is 12.3. The first kappa shape index (κ1) is 40.6. The van der Waals surface area contributed by atoms with Crippen molar-refractivity contribution < 1.29 is 57.2 Å². The molecule has 0 N–H and O–H groups in total. The van der Waals surface area contributed by atoms with E-state index in [1.807, 2.05) is 0 Å². The van der Waals surface area contributed by atoms with Gasteiger partial charge in [0.1, 0.15) is 45.5 Å². The molecule has 10 atom stereocenters. The van der Waals surface area contributed by atoms with Crippen LogP contribution >= 0.6 is 69.6 Å². The van der Waals surface area contributed by atoms with Gasteiger partial charge < -0.3 is 28.4 Å². The Morgan fingerprint density at radius 1 is 0.405 bits per heavy atom. The SMILES string of the molecule is CC(Cl)C(=O)OCC(OC(=O)C(C)Cl)C(OC(=O)C(C)Cl)C(OC(=O)C(C)Cl)C(COC(=O)C(C)Cl)OC(=O)C(C)Cl. The number of carbonyl (C=O) groups is 6. The van der Waals surface area contributed by atoms with E-state index in [2.05, 4.69) is 0 Å². The molecule has 0 heterocycles. The lowest BCUT2D eigenvalue weighted by Gasteiger charge is -2.36. The molecular weight excluding hydrogens is 693 g/mol. The molecule has 0 saturated heterocycles. The highest BCUT2D eigenvalue weighted by Crippen LogP contribution is 2.24. The number of hydrogen-bond acceptors (Lipinski definition) is 12. The number of esters is 6. The van der Waals surface area contributed by atoms with E-state index < -0.39 is 106 Å². The molecule has 18 heteroatoms. The van der Waals surface area contributed by atoms with E-state index in [-0.39, 0.29) is 0 Å². The third-order valence-electron chi connectivity index (χ3n) is 4.82. The van der Waals surface area contributed by atoms with Crippen molar-refractivity contribution in [2.24, 2.45) is 0 Å². The summed E-state index contributed by atoms with van der Waals surface area (Å²) in [7, 11) is 0. The molecule has 242 valence electrons. The Balaban J connectivity index is 7.12. The zero-order valence-corrected chi connectivity index (χ0v) is 27.9. The topological polar surface area (TPSA) is 158 Å². The average Bonchev–Trinajstić information content (AvgIpc) is 2.89. The standard InChI is InChI=1S/C24H32Cl6O12/c1-9(25)19(31)37-7-15(39-21(33)11(3)27)17(41-23(35)13(5)29)18(42-24(36)14(6)30)16(40-22(34)12(4)28)8-38-20(32)10(2)26/h9-18H,7-8H2,1-6H3. The fourth-order valence-electron chi connectivity index (χ4n) is 2.60. The smallest absolute Gasteiger partial charge is 0.324 e. The minimum atomic E-state index is -1.95. The largest absolute Gasteiger partial charge is 0.460 e. The quantitative estimate of drug-likeness (QED) is 0.122. The molecule has 0 aromatic heterocycles. The highest BCUT2D eigenvalue weighted by molar-refractivity contribution is 6.31. The van der Waals surface area contributed by atoms with Gasteiger partial charge >= 0.3 is 35.8 Å². The maximum absolute atomic E-state index is 12.7. The van der Waals surface area contributed by atoms with Crippen LogP contribution in [0.15, 0.2) is 0 Å². The average molecular weight is 725 g/mol. The van der Waals surface area contributed by atoms with E-state index in [9.17, 15) is 28.8 Å². The fraction of sp³-hybridized carbons (Fsp3) is 0.750. The molecule has 0 fully saturated rings. The summed E-state index contributed by atoms with van der Waals surface area (Å²) >= 11 is 35.0. The lowest BCUT2D eigenvalue weighted by atomic mass is 10.0. The summed E-state index contributed by atoms with van der Waals surface area (Å²) in [5, 5.41) is -7.47. The van der Waals surface area contributed by atoms with Gasteiger partial charge in [0.2, 0.25) is 0 Å². The van der Waals surface area contributed by atoms with E-state index in [1.54, 1.807) is 0 Å². The first-order chi connectivity index (χ1) is 19.3. The third kappa shape index (κ3) is 14.8. The summed E-state index contributed by atoms with van der Waals surface area (Å²) < 4.78 is 31.7. The number of ether oxygens (including phenoxy) is 6. The van der Waals surface area contributed by atoms with Crippen molar-refractivity contribution in [1.82, 2.24) is 0 Å². The molecule has 10 unspecified atom stereocenters. The van der Waals surface area contributed by atoms with Crippen molar-refractivity contribution in [3.63, 3.8) is 0 Å². The van der Waals surface area contributed by atoms with Crippen LogP contribution in [0.2, 0.25) is 0 Å². The maximum Gasteiger partial charge on any atom is 0.324 e. The van der Waals surface area contributed by atoms with Gasteiger partial charge in [0.25, 0.3) is 0 Å². The van der Waals surface area contributed by atoms with Crippen LogP contribution in [0.3, 0.4) is 0 Å². The van der Waals surface area contributed by atoms with Gasteiger partial charge in [-0.15, -0.1) is 69.6 Å². The summed E-state index contributed by atoms with van der Waals surface area (Å²) in [6.07, 6.45) is -7.49. The van der Waals surface area contributed by atoms with Crippen LogP contribution in [0.25, 0.3) is 0 Å². The Bertz CT molecular complexity index is 867. The second-order valence-corrected chi connectivity index (χ2v) is 12.6. The van der Waals surface area contributed by atoms with Gasteiger partial charge in [0, 0.05) is 0 Å². The highest BCUT2D eigenvalue weighted by Gasteiger charge is 2.47. The van der Waals surface area contributed by atoms with Crippen LogP contribution in [0.4, 0.5) is 0 Å². The number of alkyl halides is 6. The fourth-order valence-corrected chi connectivity index (χ4v) is 2.93. The van der Waals surface area contributed by atoms with E-state index >= 15 is 0 Å². The van der Waals surface area contributed by atoms with Gasteiger partial charge in [0.15, 0.2) is 24.4 Å². The number of carbonyl (C=O) groups excluding carboxylic acids is 6. The highest BCUT2D eigenvalue weighted by atomic mass is 35.5. The monoisotopic (exact) mass is 722 g/mol. The molecule has 0 rings (SSSR count). The molecule has 0 radical (unpaired) electrons. The molecule has 0 aromatic carbocycles. The van der Waals surface area contributed by atoms with Crippen LogP contribution in [-0.4, -0.2) is 106 Å². The molecular formula is C24H32Cl6O12. The summed E-state index contributed by atoms with van der Waals surface area (Å²) in [6, 6.07) is 0. The Morgan fingerprint density at radius 2 is 0.619 bits per heavy atom. The molecule has 12 nitrogen and oxygen atoms in total. The van der Waals surface area contributed by atoms with Crippen molar-refractivity contribution in [1.29, 1.82) is 0 Å². The van der Waals surface area contributed by atoms with E-state index in [0.29, 0.717) is 0 Å². The van der Waals surface area contributed by atoms with Crippen molar-refractivity contribution in [2.75, 3.05) is 13.2 Å². The minimum absolute atomic E-state index is 0.838. The number of hydrogen-bond donors (Lipinski definition) is 0. The summed E-state index contributed by atoms with van der Waals surface area (Å²) in [5.41, 5.74) is 0. The molecule has 0 amide bonds. The zero-order valence-electron chi connectivity index (χ0n) is 23.4. The number of rotatable bonds is 17. The van der Waals surface area contributed by atoms with Gasteiger partial charge in [-0.2, -0.15) is 0 Å². The van der Waals surface area contributed by atoms with Crippen molar-refractivity contribution in [3.8, 4) is 0 Å². The molecule has 0 spiro atoms. The Hall–Kier alpha value is -1.44. The predicted octanol–water partition coefficient (Wildman–Crippen LogP) is 3.48. The maximum atomic E-state index is 12.7. The summed E-state index contributed by atoms with van der Waals surface area (Å²) in [5.74, 6) is -6.39. The van der Waals surface area contributed by atoms with Crippen LogP contribution in [0.1, 0.15) is 41.5 Å². The van der Waals surface area contributed by atoms with Crippen LogP contribution in [0, 0.1) is 0 Å². The molecule has 0 aliphatic heterocycles. The molecule has 0 aliphatic carbocycles. The lowest BCUT2D eigenvalue weighted by molar-refractivity contribution is -0.208. The second-order valence-electron chi connectivity index (χ2n) is 8.71. The summed E-state index contributed by atoms with van der Waals surface area (Å²) in [6.45, 7) is 5.88. The zero-order chi connectivity index (χ0) is 32.9. The summed E-state index contributed by atoms with van der Waals surface area (Å²) in [4.78, 5) is 74.8. The van der Waals surface area contributed by atoms with Gasteiger partial charge in [0.05, 0.1) is 0 Å². The van der Waals surface area contributed by atoms with E-state index in [0.717, 1.165) is 0 Å². The van der Waals surface area contributed by atoms with Crippen LogP contribution in [-0.2, 0) is 57.2 Å². The van der Waals surface area contributed by atoms with Gasteiger partial charge in [-0.25, -0.2) is 0 Å². The van der Waals surface area contributed by atoms with Gasteiger partial charge in [-0.1, -0.05) is 0 Å². The van der Waals surface area contributed by atoms with Crippen LogP contribution < -0.4 is 0 Å². The normalized spacial score (nSPS) is 18.3. The van der Waals surface area contributed by atoms with Crippen molar-refractivity contribution in [3.05, 3.63) is 0 Å². The molecule has 0 saturated carbocycles. The number of halogens is 6. The molecule has 42 heavy (non-hydrogen) atoms. The molecule has 0 aromatic rings. The minimum Gasteiger partial charge on any atom is -0.460 e. The predicted molar refractivity (Wildman–Crippen MR) is 153 cm³/mol. The van der Waals surface area contributed by atoms with E-state index in [4.69, 9.17) is 98.0 Å². The van der Waals surface area contributed by atoms with Gasteiger partial charge in [-0.3, -0.25) is 28.8 Å². The van der Waals surface area contributed by atoms with E-state index in [1.165, 1.54) is 41.5 Å². The van der Waals surface area contributed by atoms with Crippen molar-refractivity contribution in [2.45, 2.75) is 98.2 Å².